The summed E-state index contributed by atoms with van der Waals surface area (Å²) in [6, 6.07) is -0.0588. The SMILES string of the molecule is Cc1ncnc2c1nc(C)n2[C@@H]1C[C@H](CO)CC1O. The lowest BCUT2D eigenvalue weighted by Crippen LogP contribution is -2.19. The minimum Gasteiger partial charge on any atom is -0.396 e. The number of hydrogen-bond acceptors (Lipinski definition) is 5. The highest BCUT2D eigenvalue weighted by Gasteiger charge is 2.35. The number of imidazole rings is 1. The average Bonchev–Trinajstić information content (AvgIpc) is 2.90. The van der Waals surface area contributed by atoms with Gasteiger partial charge in [0.1, 0.15) is 17.7 Å². The van der Waals surface area contributed by atoms with Gasteiger partial charge in [-0.25, -0.2) is 15.0 Å². The molecule has 2 heterocycles. The molecular weight excluding hydrogens is 244 g/mol. The average molecular weight is 262 g/mol. The lowest BCUT2D eigenvalue weighted by molar-refractivity contribution is 0.131. The van der Waals surface area contributed by atoms with Crippen LogP contribution in [-0.2, 0) is 0 Å². The molecule has 3 rings (SSSR count). The Kier molecular flexibility index (Phi) is 2.99. The Hall–Kier alpha value is -1.53. The first-order valence-electron chi connectivity index (χ1n) is 6.57. The van der Waals surface area contributed by atoms with Crippen molar-refractivity contribution in [1.29, 1.82) is 0 Å². The van der Waals surface area contributed by atoms with Gasteiger partial charge < -0.3 is 14.8 Å². The number of nitrogens with zero attached hydrogens (tertiary/aromatic N) is 4. The predicted molar refractivity (Wildman–Crippen MR) is 69.7 cm³/mol. The highest BCUT2D eigenvalue weighted by atomic mass is 16.3. The third-order valence-corrected chi connectivity index (χ3v) is 4.02. The third-order valence-electron chi connectivity index (χ3n) is 4.02. The molecule has 2 aromatic heterocycles. The van der Waals surface area contributed by atoms with Gasteiger partial charge in [0.05, 0.1) is 17.8 Å². The molecule has 1 fully saturated rings. The normalized spacial score (nSPS) is 27.3. The number of fused-ring (bicyclic) bond motifs is 1. The molecule has 1 unspecified atom stereocenters. The molecule has 1 aliphatic carbocycles. The van der Waals surface area contributed by atoms with Crippen LogP contribution in [0.1, 0.15) is 30.4 Å². The predicted octanol–water partition coefficient (Wildman–Crippen LogP) is 0.747. The van der Waals surface area contributed by atoms with Gasteiger partial charge in [0, 0.05) is 6.61 Å². The van der Waals surface area contributed by atoms with Gasteiger partial charge in [-0.05, 0) is 32.6 Å². The summed E-state index contributed by atoms with van der Waals surface area (Å²) in [6.07, 6.45) is 2.46. The van der Waals surface area contributed by atoms with Gasteiger partial charge in [-0.1, -0.05) is 0 Å². The van der Waals surface area contributed by atoms with Crippen molar-refractivity contribution in [2.24, 2.45) is 5.92 Å². The molecule has 6 heteroatoms. The fourth-order valence-corrected chi connectivity index (χ4v) is 3.05. The maximum atomic E-state index is 10.2. The van der Waals surface area contributed by atoms with E-state index in [0.29, 0.717) is 6.42 Å². The van der Waals surface area contributed by atoms with Gasteiger partial charge in [-0.3, -0.25) is 0 Å². The largest absolute Gasteiger partial charge is 0.396 e. The number of aryl methyl sites for hydroxylation is 2. The van der Waals surface area contributed by atoms with E-state index in [4.69, 9.17) is 0 Å². The molecular formula is C13H18N4O2. The maximum absolute atomic E-state index is 10.2. The zero-order chi connectivity index (χ0) is 13.6. The summed E-state index contributed by atoms with van der Waals surface area (Å²) >= 11 is 0. The molecule has 3 atom stereocenters. The molecule has 0 radical (unpaired) electrons. The van der Waals surface area contributed by atoms with Gasteiger partial charge in [0.25, 0.3) is 0 Å². The van der Waals surface area contributed by atoms with E-state index in [2.05, 4.69) is 15.0 Å². The highest BCUT2D eigenvalue weighted by Crippen LogP contribution is 2.37. The maximum Gasteiger partial charge on any atom is 0.164 e. The van der Waals surface area contributed by atoms with E-state index in [1.165, 1.54) is 6.33 Å². The summed E-state index contributed by atoms with van der Waals surface area (Å²) in [7, 11) is 0. The molecule has 0 bridgehead atoms. The monoisotopic (exact) mass is 262 g/mol. The van der Waals surface area contributed by atoms with Crippen LogP contribution in [-0.4, -0.2) is 42.4 Å². The lowest BCUT2D eigenvalue weighted by atomic mass is 10.1. The summed E-state index contributed by atoms with van der Waals surface area (Å²) in [5.74, 6) is 0.987. The molecule has 0 amide bonds. The van der Waals surface area contributed by atoms with E-state index in [1.807, 2.05) is 18.4 Å². The molecule has 6 nitrogen and oxygen atoms in total. The molecule has 0 aromatic carbocycles. The van der Waals surface area contributed by atoms with E-state index in [0.717, 1.165) is 29.1 Å². The van der Waals surface area contributed by atoms with Crippen LogP contribution in [0.15, 0.2) is 6.33 Å². The second-order valence-electron chi connectivity index (χ2n) is 5.32. The minimum atomic E-state index is -0.455. The van der Waals surface area contributed by atoms with E-state index in [-0.39, 0.29) is 18.6 Å². The van der Waals surface area contributed by atoms with Crippen molar-refractivity contribution in [2.45, 2.75) is 38.8 Å². The number of hydrogen-bond donors (Lipinski definition) is 2. The Bertz CT molecular complexity index is 610. The third kappa shape index (κ3) is 1.91. The number of aliphatic hydroxyl groups excluding tert-OH is 2. The van der Waals surface area contributed by atoms with Crippen LogP contribution in [0.4, 0.5) is 0 Å². The Morgan fingerprint density at radius 3 is 2.79 bits per heavy atom. The van der Waals surface area contributed by atoms with Gasteiger partial charge >= 0.3 is 0 Å². The standard InChI is InChI=1S/C13H18N4O2/c1-7-12-13(15-6-14-7)17(8(2)16-12)10-3-9(5-18)4-11(10)19/h6,9-11,18-19H,3-5H2,1-2H3/t9-,10+,11?/m0/s1. The van der Waals surface area contributed by atoms with Crippen LogP contribution in [0.5, 0.6) is 0 Å². The molecule has 1 aliphatic rings. The van der Waals surface area contributed by atoms with Crippen molar-refractivity contribution in [1.82, 2.24) is 19.5 Å². The molecule has 2 aromatic rings. The second-order valence-corrected chi connectivity index (χ2v) is 5.32. The summed E-state index contributed by atoms with van der Waals surface area (Å²) in [5, 5.41) is 19.5. The van der Waals surface area contributed by atoms with Crippen LogP contribution in [0.25, 0.3) is 11.2 Å². The summed E-state index contributed by atoms with van der Waals surface area (Å²) in [4.78, 5) is 13.0. The second kappa shape index (κ2) is 4.54. The van der Waals surface area contributed by atoms with E-state index in [1.54, 1.807) is 0 Å². The van der Waals surface area contributed by atoms with Crippen molar-refractivity contribution in [3.05, 3.63) is 17.8 Å². The molecule has 102 valence electrons. The van der Waals surface area contributed by atoms with Gasteiger partial charge in [0.15, 0.2) is 5.65 Å². The summed E-state index contributed by atoms with van der Waals surface area (Å²) < 4.78 is 1.99. The minimum absolute atomic E-state index is 0.0588. The zero-order valence-corrected chi connectivity index (χ0v) is 11.1. The van der Waals surface area contributed by atoms with Crippen molar-refractivity contribution >= 4 is 11.2 Å². The van der Waals surface area contributed by atoms with Crippen molar-refractivity contribution in [2.75, 3.05) is 6.61 Å². The van der Waals surface area contributed by atoms with E-state index < -0.39 is 6.10 Å². The molecule has 0 spiro atoms. The van der Waals surface area contributed by atoms with Gasteiger partial charge in [0.2, 0.25) is 0 Å². The molecule has 2 N–H and O–H groups in total. The van der Waals surface area contributed by atoms with Gasteiger partial charge in [-0.2, -0.15) is 0 Å². The Balaban J connectivity index is 2.10. The quantitative estimate of drug-likeness (QED) is 0.834. The van der Waals surface area contributed by atoms with Crippen LogP contribution in [0, 0.1) is 19.8 Å². The summed E-state index contributed by atoms with van der Waals surface area (Å²) in [6.45, 7) is 3.94. The zero-order valence-electron chi connectivity index (χ0n) is 11.1. The van der Waals surface area contributed by atoms with Crippen molar-refractivity contribution in [3.8, 4) is 0 Å². The van der Waals surface area contributed by atoms with Crippen LogP contribution < -0.4 is 0 Å². The highest BCUT2D eigenvalue weighted by molar-refractivity contribution is 5.73. The Morgan fingerprint density at radius 1 is 1.32 bits per heavy atom. The first-order valence-corrected chi connectivity index (χ1v) is 6.57. The van der Waals surface area contributed by atoms with Crippen LogP contribution in [0.3, 0.4) is 0 Å². The number of aliphatic hydroxyl groups is 2. The first kappa shape index (κ1) is 12.5. The van der Waals surface area contributed by atoms with E-state index >= 15 is 0 Å². The Morgan fingerprint density at radius 2 is 2.11 bits per heavy atom. The number of aromatic nitrogens is 4. The molecule has 19 heavy (non-hydrogen) atoms. The topological polar surface area (TPSA) is 84.1 Å². The smallest absolute Gasteiger partial charge is 0.164 e. The number of rotatable bonds is 2. The Labute approximate surface area is 111 Å². The molecule has 0 aliphatic heterocycles. The fraction of sp³-hybridized carbons (Fsp3) is 0.615. The molecule has 0 saturated heterocycles. The van der Waals surface area contributed by atoms with Crippen LogP contribution >= 0.6 is 0 Å². The van der Waals surface area contributed by atoms with Gasteiger partial charge in [-0.15, -0.1) is 0 Å². The lowest BCUT2D eigenvalue weighted by Gasteiger charge is -2.18. The van der Waals surface area contributed by atoms with Crippen molar-refractivity contribution < 1.29 is 10.2 Å². The molecule has 1 saturated carbocycles. The van der Waals surface area contributed by atoms with E-state index in [9.17, 15) is 10.2 Å². The van der Waals surface area contributed by atoms with Crippen LogP contribution in [0.2, 0.25) is 0 Å². The fourth-order valence-electron chi connectivity index (χ4n) is 3.05. The first-order chi connectivity index (χ1) is 9.11. The summed E-state index contributed by atoms with van der Waals surface area (Å²) in [5.41, 5.74) is 2.41. The van der Waals surface area contributed by atoms with Crippen molar-refractivity contribution in [3.63, 3.8) is 0 Å².